The molecule has 2 aromatic carbocycles. The molecule has 1 aliphatic rings. The minimum atomic E-state index is -4.49. The van der Waals surface area contributed by atoms with E-state index in [1.165, 1.54) is 30.3 Å². The number of halogens is 4. The zero-order valence-corrected chi connectivity index (χ0v) is 17.0. The summed E-state index contributed by atoms with van der Waals surface area (Å²) in [5.41, 5.74) is 0.550. The highest BCUT2D eigenvalue weighted by molar-refractivity contribution is 5.87. The van der Waals surface area contributed by atoms with Gasteiger partial charge in [-0.25, -0.2) is 4.39 Å². The summed E-state index contributed by atoms with van der Waals surface area (Å²) in [6, 6.07) is 12.7. The molecule has 1 aliphatic heterocycles. The molecule has 1 aromatic heterocycles. The lowest BCUT2D eigenvalue weighted by Crippen LogP contribution is -2.37. The number of carbonyl (C=O) groups excluding carboxylic acids is 1. The lowest BCUT2D eigenvalue weighted by Gasteiger charge is -2.30. The molecule has 4 rings (SSSR count). The van der Waals surface area contributed by atoms with Crippen LogP contribution in [-0.4, -0.2) is 22.3 Å². The average molecular weight is 443 g/mol. The van der Waals surface area contributed by atoms with Gasteiger partial charge in [0.25, 0.3) is 0 Å². The fourth-order valence-electron chi connectivity index (χ4n) is 4.01. The Labute approximate surface area is 182 Å². The van der Waals surface area contributed by atoms with Gasteiger partial charge in [0.1, 0.15) is 11.9 Å². The third kappa shape index (κ3) is 4.59. The third-order valence-corrected chi connectivity index (χ3v) is 5.62. The summed E-state index contributed by atoms with van der Waals surface area (Å²) in [6.45, 7) is 0.502. The number of para-hydroxylation sites is 1. The number of amides is 1. The lowest BCUT2D eigenvalue weighted by molar-refractivity contribution is -0.137. The van der Waals surface area contributed by atoms with Crippen LogP contribution in [-0.2, 0) is 11.0 Å². The van der Waals surface area contributed by atoms with Crippen LogP contribution in [0.2, 0.25) is 0 Å². The number of rotatable bonds is 5. The maximum absolute atomic E-state index is 14.3. The van der Waals surface area contributed by atoms with Gasteiger partial charge >= 0.3 is 6.18 Å². The second-order valence-electron chi connectivity index (χ2n) is 7.65. The third-order valence-electron chi connectivity index (χ3n) is 5.62. The molecular formula is C24H21F4N3O. The highest BCUT2D eigenvalue weighted by atomic mass is 19.4. The van der Waals surface area contributed by atoms with Crippen molar-refractivity contribution in [2.75, 3.05) is 11.9 Å². The lowest BCUT2D eigenvalue weighted by atomic mass is 10.0. The van der Waals surface area contributed by atoms with Crippen molar-refractivity contribution in [3.8, 4) is 0 Å². The summed E-state index contributed by atoms with van der Waals surface area (Å²) in [5.74, 6) is -0.878. The molecule has 0 saturated carbocycles. The van der Waals surface area contributed by atoms with E-state index in [-0.39, 0.29) is 17.6 Å². The second kappa shape index (κ2) is 8.98. The largest absolute Gasteiger partial charge is 0.416 e. The topological polar surface area (TPSA) is 45.2 Å². The Hall–Kier alpha value is -3.42. The smallest absolute Gasteiger partial charge is 0.368 e. The van der Waals surface area contributed by atoms with Gasteiger partial charge in [-0.2, -0.15) is 13.2 Å². The van der Waals surface area contributed by atoms with E-state index in [0.717, 1.165) is 30.5 Å². The van der Waals surface area contributed by atoms with Gasteiger partial charge in [0.2, 0.25) is 5.91 Å². The number of anilines is 1. The van der Waals surface area contributed by atoms with Crippen molar-refractivity contribution in [1.29, 1.82) is 0 Å². The molecule has 8 heteroatoms. The fourth-order valence-corrected chi connectivity index (χ4v) is 4.01. The maximum Gasteiger partial charge on any atom is 0.416 e. The van der Waals surface area contributed by atoms with Crippen LogP contribution in [0.3, 0.4) is 0 Å². The molecule has 2 unspecified atom stereocenters. The predicted octanol–water partition coefficient (Wildman–Crippen LogP) is 5.76. The van der Waals surface area contributed by atoms with E-state index >= 15 is 0 Å². The van der Waals surface area contributed by atoms with Crippen molar-refractivity contribution >= 4 is 11.6 Å². The number of carbonyl (C=O) groups is 1. The van der Waals surface area contributed by atoms with Gasteiger partial charge in [-0.15, -0.1) is 0 Å². The van der Waals surface area contributed by atoms with E-state index in [1.54, 1.807) is 23.4 Å². The zero-order chi connectivity index (χ0) is 22.7. The maximum atomic E-state index is 14.3. The summed E-state index contributed by atoms with van der Waals surface area (Å²) < 4.78 is 53.4. The summed E-state index contributed by atoms with van der Waals surface area (Å²) in [6.07, 6.45) is 0.369. The fraction of sp³-hybridized carbons (Fsp3) is 0.250. The Kier molecular flexibility index (Phi) is 6.12. The molecule has 0 aliphatic carbocycles. The number of aromatic nitrogens is 1. The first-order valence-corrected chi connectivity index (χ1v) is 10.2. The van der Waals surface area contributed by atoms with E-state index in [0.29, 0.717) is 12.1 Å². The van der Waals surface area contributed by atoms with Crippen LogP contribution < -0.4 is 5.32 Å². The number of alkyl halides is 3. The molecular weight excluding hydrogens is 422 g/mol. The molecule has 0 spiro atoms. The SMILES string of the molecule is O=C(C(Nc1ccccc1F)c1ccc(C(F)(F)F)cc1)N1CCCC1c1ccncc1. The van der Waals surface area contributed by atoms with Gasteiger partial charge in [-0.05, 0) is 60.4 Å². The number of pyridine rings is 1. The van der Waals surface area contributed by atoms with Gasteiger partial charge in [-0.1, -0.05) is 24.3 Å². The highest BCUT2D eigenvalue weighted by Gasteiger charge is 2.36. The molecule has 0 radical (unpaired) electrons. The van der Waals surface area contributed by atoms with Gasteiger partial charge in [0.15, 0.2) is 0 Å². The normalized spacial score (nSPS) is 17.2. The Bertz CT molecular complexity index is 1070. The second-order valence-corrected chi connectivity index (χ2v) is 7.65. The van der Waals surface area contributed by atoms with Crippen LogP contribution in [0, 0.1) is 5.82 Å². The van der Waals surface area contributed by atoms with Crippen molar-refractivity contribution in [3.05, 3.63) is 95.6 Å². The Morgan fingerprint density at radius 1 is 1.03 bits per heavy atom. The minimum Gasteiger partial charge on any atom is -0.368 e. The quantitative estimate of drug-likeness (QED) is 0.511. The summed E-state index contributed by atoms with van der Waals surface area (Å²) in [5, 5.41) is 2.91. The van der Waals surface area contributed by atoms with Crippen molar-refractivity contribution < 1.29 is 22.4 Å². The molecule has 1 N–H and O–H groups in total. The van der Waals surface area contributed by atoms with Crippen molar-refractivity contribution in [2.45, 2.75) is 31.1 Å². The Balaban J connectivity index is 1.68. The molecule has 0 bridgehead atoms. The van der Waals surface area contributed by atoms with Crippen LogP contribution >= 0.6 is 0 Å². The van der Waals surface area contributed by atoms with E-state index in [4.69, 9.17) is 0 Å². The molecule has 1 saturated heterocycles. The minimum absolute atomic E-state index is 0.102. The molecule has 2 heterocycles. The number of hydrogen-bond donors (Lipinski definition) is 1. The van der Waals surface area contributed by atoms with E-state index < -0.39 is 23.6 Å². The number of nitrogens with zero attached hydrogens (tertiary/aromatic N) is 2. The first kappa shape index (κ1) is 21.8. The number of nitrogens with one attached hydrogen (secondary N) is 1. The van der Waals surface area contributed by atoms with Crippen molar-refractivity contribution in [1.82, 2.24) is 9.88 Å². The van der Waals surface area contributed by atoms with Crippen molar-refractivity contribution in [3.63, 3.8) is 0 Å². The predicted molar refractivity (Wildman–Crippen MR) is 112 cm³/mol. The van der Waals surface area contributed by atoms with Crippen LogP contribution in [0.1, 0.15) is 41.6 Å². The molecule has 32 heavy (non-hydrogen) atoms. The molecule has 1 amide bonds. The molecule has 1 fully saturated rings. The van der Waals surface area contributed by atoms with Crippen molar-refractivity contribution in [2.24, 2.45) is 0 Å². The number of hydrogen-bond acceptors (Lipinski definition) is 3. The van der Waals surface area contributed by atoms with Crippen LogP contribution in [0.15, 0.2) is 73.1 Å². The monoisotopic (exact) mass is 443 g/mol. The van der Waals surface area contributed by atoms with Gasteiger partial charge in [0.05, 0.1) is 17.3 Å². The van der Waals surface area contributed by atoms with Crippen LogP contribution in [0.4, 0.5) is 23.2 Å². The van der Waals surface area contributed by atoms with E-state index in [2.05, 4.69) is 10.3 Å². The molecule has 166 valence electrons. The summed E-state index contributed by atoms with van der Waals surface area (Å²) >= 11 is 0. The van der Waals surface area contributed by atoms with E-state index in [1.807, 2.05) is 12.1 Å². The molecule has 3 aromatic rings. The van der Waals surface area contributed by atoms with Gasteiger partial charge < -0.3 is 10.2 Å². The highest BCUT2D eigenvalue weighted by Crippen LogP contribution is 2.36. The number of likely N-dealkylation sites (tertiary alicyclic amines) is 1. The molecule has 2 atom stereocenters. The Morgan fingerprint density at radius 3 is 2.38 bits per heavy atom. The standard InChI is InChI=1S/C24H21F4N3O/c25-19-4-1-2-5-20(19)30-22(17-7-9-18(10-8-17)24(26,27)28)23(32)31-15-3-6-21(31)16-11-13-29-14-12-16/h1-2,4-5,7-14,21-22,30H,3,6,15H2. The number of benzene rings is 2. The van der Waals surface area contributed by atoms with Crippen LogP contribution in [0.25, 0.3) is 0 Å². The van der Waals surface area contributed by atoms with Gasteiger partial charge in [0, 0.05) is 18.9 Å². The molecule has 4 nitrogen and oxygen atoms in total. The average Bonchev–Trinajstić information content (AvgIpc) is 3.28. The summed E-state index contributed by atoms with van der Waals surface area (Å²) in [4.78, 5) is 19.3. The Morgan fingerprint density at radius 2 is 1.72 bits per heavy atom. The van der Waals surface area contributed by atoms with E-state index in [9.17, 15) is 22.4 Å². The van der Waals surface area contributed by atoms with Crippen LogP contribution in [0.5, 0.6) is 0 Å². The first-order valence-electron chi connectivity index (χ1n) is 10.2. The zero-order valence-electron chi connectivity index (χ0n) is 17.0. The van der Waals surface area contributed by atoms with Gasteiger partial charge in [-0.3, -0.25) is 9.78 Å². The summed E-state index contributed by atoms with van der Waals surface area (Å²) in [7, 11) is 0. The first-order chi connectivity index (χ1) is 15.3.